The molecular weight excluding hydrogens is 1240 g/mol. The average Bonchev–Trinajstić information content (AvgIpc) is 1.51. The standard InChI is InChI=1S/C70H65FN10O15/c1-6-55(82)76-51-27-46-38(4)50(71)29-52-61(46)62(51)47-34-80-54(63(47)78-52)28-49-48(66(80)90)36-94-68(92)70(49,7-2)96-67(91)44-16-12-11-15-41(44)33-79(5)69(93)95-35-40-18-20-42(21-19-40)75-57(84)32-74-65(89)53(25-39-13-9-8-10-14-39)77-58(85)31-72-56(83)30-73-64(88)45-26-43(22-17-37(45)3)81-59(86)23-24-60(81)87/h8-24,26,28-29,51,53H,6-7,25,27,30-36H2,1-5H3,(H,72,83)(H,73,88)(H,74,89)(H,75,84)(H,76,82)(H,77,85)/t51-,53-,70-/m0/s1. The molecule has 492 valence electrons. The van der Waals surface area contributed by atoms with Gasteiger partial charge >= 0.3 is 18.0 Å². The highest BCUT2D eigenvalue weighted by Gasteiger charge is 2.51. The van der Waals surface area contributed by atoms with Crippen molar-refractivity contribution in [3.8, 4) is 11.4 Å². The maximum absolute atomic E-state index is 15.5. The van der Waals surface area contributed by atoms with Crippen molar-refractivity contribution in [2.45, 2.75) is 97.4 Å². The van der Waals surface area contributed by atoms with E-state index in [1.54, 1.807) is 113 Å². The van der Waals surface area contributed by atoms with Crippen LogP contribution in [0, 0.1) is 19.7 Å². The molecule has 6 N–H and O–H groups in total. The van der Waals surface area contributed by atoms with Crippen molar-refractivity contribution in [1.82, 2.24) is 41.0 Å². The number of anilines is 2. The highest BCUT2D eigenvalue weighted by molar-refractivity contribution is 6.28. The summed E-state index contributed by atoms with van der Waals surface area (Å²) in [6.45, 7) is 4.35. The minimum absolute atomic E-state index is 0.00296. The zero-order valence-corrected chi connectivity index (χ0v) is 52.8. The van der Waals surface area contributed by atoms with E-state index < -0.39 is 115 Å². The molecule has 0 saturated carbocycles. The summed E-state index contributed by atoms with van der Waals surface area (Å²) in [5.41, 5.74) is 3.83. The fourth-order valence-corrected chi connectivity index (χ4v) is 12.2. The second kappa shape index (κ2) is 27.5. The van der Waals surface area contributed by atoms with E-state index in [9.17, 15) is 57.5 Å². The van der Waals surface area contributed by atoms with E-state index in [4.69, 9.17) is 19.2 Å². The first-order chi connectivity index (χ1) is 46.0. The van der Waals surface area contributed by atoms with Gasteiger partial charge in [-0.05, 0) is 102 Å². The molecule has 0 unspecified atom stereocenters. The normalized spacial score (nSPS) is 15.8. The molecule has 9 amide bonds. The van der Waals surface area contributed by atoms with Crippen LogP contribution in [-0.2, 0) is 97.3 Å². The van der Waals surface area contributed by atoms with Crippen LogP contribution >= 0.6 is 0 Å². The van der Waals surface area contributed by atoms with E-state index in [0.717, 1.165) is 33.6 Å². The van der Waals surface area contributed by atoms with Crippen molar-refractivity contribution in [2.75, 3.05) is 36.9 Å². The fraction of sp³-hybridized carbons (Fsp3) is 0.271. The highest BCUT2D eigenvalue weighted by atomic mass is 19.1. The average molecular weight is 1310 g/mol. The Kier molecular flexibility index (Phi) is 18.8. The number of carbonyl (C=O) groups is 11. The first kappa shape index (κ1) is 65.8. The number of ether oxygens (including phenoxy) is 3. The second-order valence-electron chi connectivity index (χ2n) is 23.5. The molecule has 0 radical (unpaired) electrons. The number of amides is 9. The van der Waals surface area contributed by atoms with Gasteiger partial charge in [0, 0.05) is 72.4 Å². The Labute approximate surface area is 547 Å². The number of aromatic nitrogens is 2. The summed E-state index contributed by atoms with van der Waals surface area (Å²) in [6, 6.07) is 27.0. The number of cyclic esters (lactones) is 1. The lowest BCUT2D eigenvalue weighted by Gasteiger charge is -2.35. The Hall–Kier alpha value is -11.7. The third-order valence-corrected chi connectivity index (χ3v) is 17.3. The summed E-state index contributed by atoms with van der Waals surface area (Å²) in [7, 11) is 1.45. The minimum atomic E-state index is -2.11. The van der Waals surface area contributed by atoms with Crippen molar-refractivity contribution in [2.24, 2.45) is 0 Å². The molecule has 3 atom stereocenters. The smallest absolute Gasteiger partial charge is 0.410 e. The number of nitrogens with zero attached hydrogens (tertiary/aromatic N) is 4. The number of halogens is 1. The largest absolute Gasteiger partial charge is 0.457 e. The van der Waals surface area contributed by atoms with Crippen LogP contribution in [0.2, 0.25) is 0 Å². The van der Waals surface area contributed by atoms with Gasteiger partial charge < -0.3 is 55.6 Å². The summed E-state index contributed by atoms with van der Waals surface area (Å²) >= 11 is 0. The molecule has 0 saturated heterocycles. The van der Waals surface area contributed by atoms with E-state index in [0.29, 0.717) is 62.4 Å². The summed E-state index contributed by atoms with van der Waals surface area (Å²) in [5.74, 6) is -7.15. The maximum atomic E-state index is 15.5. The van der Waals surface area contributed by atoms with Gasteiger partial charge in [0.15, 0.2) is 0 Å². The first-order valence-corrected chi connectivity index (χ1v) is 30.8. The third kappa shape index (κ3) is 13.3. The van der Waals surface area contributed by atoms with Gasteiger partial charge in [-0.15, -0.1) is 0 Å². The van der Waals surface area contributed by atoms with Crippen LogP contribution in [0.3, 0.4) is 0 Å². The summed E-state index contributed by atoms with van der Waals surface area (Å²) in [6.07, 6.45) is 1.86. The molecule has 0 fully saturated rings. The molecule has 96 heavy (non-hydrogen) atoms. The number of rotatable bonds is 22. The van der Waals surface area contributed by atoms with Crippen molar-refractivity contribution in [3.05, 3.63) is 204 Å². The minimum Gasteiger partial charge on any atom is -0.457 e. The number of aryl methyl sites for hydroxylation is 1. The number of nitrogens with one attached hydrogen (secondary N) is 6. The molecule has 2 aromatic heterocycles. The SMILES string of the molecule is CCC(=O)N[C@H]1Cc2c(C)c(F)cc3nc4c(c1c23)Cn1c-4cc2c(c1=O)COC(=O)[C@@]2(CC)OC(=O)c1ccccc1CN(C)C(=O)OCc1ccc(NC(=O)CNC(=O)[C@H](Cc2ccccc2)NC(=O)CNC(=O)CNC(=O)c2cc(N3C(=O)C=CC3=O)ccc2C)cc1. The third-order valence-electron chi connectivity index (χ3n) is 17.3. The zero-order chi connectivity index (χ0) is 68.3. The van der Waals surface area contributed by atoms with Gasteiger partial charge in [0.2, 0.25) is 35.1 Å². The van der Waals surface area contributed by atoms with Gasteiger partial charge in [0.05, 0.1) is 65.9 Å². The number of benzene rings is 5. The monoisotopic (exact) mass is 1300 g/mol. The molecule has 5 aromatic carbocycles. The van der Waals surface area contributed by atoms with Crippen molar-refractivity contribution >= 4 is 87.6 Å². The molecular formula is C70H65FN10O15. The van der Waals surface area contributed by atoms with E-state index in [2.05, 4.69) is 31.9 Å². The molecule has 25 nitrogen and oxygen atoms in total. The van der Waals surface area contributed by atoms with Crippen molar-refractivity contribution < 1.29 is 71.3 Å². The van der Waals surface area contributed by atoms with Gasteiger partial charge in [-0.25, -0.2) is 28.7 Å². The molecule has 11 rings (SSSR count). The number of hydrogen-bond donors (Lipinski definition) is 6. The molecule has 1 aliphatic carbocycles. The van der Waals surface area contributed by atoms with Gasteiger partial charge in [-0.3, -0.25) is 43.2 Å². The number of imide groups is 1. The van der Waals surface area contributed by atoms with E-state index in [-0.39, 0.29) is 72.8 Å². The lowest BCUT2D eigenvalue weighted by Crippen LogP contribution is -2.52. The van der Waals surface area contributed by atoms with Crippen LogP contribution in [0.15, 0.2) is 126 Å². The first-order valence-electron chi connectivity index (χ1n) is 30.8. The van der Waals surface area contributed by atoms with E-state index in [1.807, 2.05) is 0 Å². The second-order valence-corrected chi connectivity index (χ2v) is 23.5. The predicted octanol–water partition coefficient (Wildman–Crippen LogP) is 5.35. The maximum Gasteiger partial charge on any atom is 0.410 e. The van der Waals surface area contributed by atoms with Crippen LogP contribution in [0.5, 0.6) is 0 Å². The Morgan fingerprint density at radius 2 is 1.47 bits per heavy atom. The number of fused-ring (bicyclic) bond motifs is 5. The topological polar surface area (TPSA) is 329 Å². The summed E-state index contributed by atoms with van der Waals surface area (Å²) in [5, 5.41) is 16.4. The lowest BCUT2D eigenvalue weighted by molar-refractivity contribution is -0.173. The zero-order valence-electron chi connectivity index (χ0n) is 52.8. The molecule has 26 heteroatoms. The summed E-state index contributed by atoms with van der Waals surface area (Å²) < 4.78 is 34.4. The fourth-order valence-electron chi connectivity index (χ4n) is 12.2. The Morgan fingerprint density at radius 3 is 2.20 bits per heavy atom. The quantitative estimate of drug-likeness (QED) is 0.0283. The van der Waals surface area contributed by atoms with Crippen molar-refractivity contribution in [3.63, 3.8) is 0 Å². The number of carbonyl (C=O) groups excluding carboxylic acids is 11. The van der Waals surface area contributed by atoms with Gasteiger partial charge in [-0.1, -0.05) is 80.6 Å². The van der Waals surface area contributed by atoms with Crippen molar-refractivity contribution in [1.29, 1.82) is 0 Å². The Morgan fingerprint density at radius 1 is 0.760 bits per heavy atom. The van der Waals surface area contributed by atoms with E-state index in [1.165, 1.54) is 40.8 Å². The van der Waals surface area contributed by atoms with Crippen LogP contribution < -0.4 is 42.4 Å². The molecule has 0 spiro atoms. The highest BCUT2D eigenvalue weighted by Crippen LogP contribution is 2.48. The summed E-state index contributed by atoms with van der Waals surface area (Å²) in [4.78, 5) is 166. The molecule has 0 bridgehead atoms. The van der Waals surface area contributed by atoms with Gasteiger partial charge in [0.1, 0.15) is 25.1 Å². The van der Waals surface area contributed by atoms with Gasteiger partial charge in [-0.2, -0.15) is 0 Å². The number of hydrogen-bond acceptors (Lipinski definition) is 16. The van der Waals surface area contributed by atoms with Crippen LogP contribution in [0.25, 0.3) is 22.3 Å². The Balaban J connectivity index is 0.673. The number of esters is 2. The van der Waals surface area contributed by atoms with E-state index >= 15 is 4.39 Å². The molecule has 3 aliphatic heterocycles. The molecule has 7 aromatic rings. The van der Waals surface area contributed by atoms with Crippen LogP contribution in [0.4, 0.5) is 20.6 Å². The lowest BCUT2D eigenvalue weighted by atomic mass is 9.85. The van der Waals surface area contributed by atoms with Gasteiger partial charge in [0.25, 0.3) is 23.3 Å². The predicted molar refractivity (Wildman–Crippen MR) is 344 cm³/mol. The van der Waals surface area contributed by atoms with Crippen LogP contribution in [-0.4, -0.2) is 112 Å². The molecule has 5 heterocycles. The Bertz CT molecular complexity index is 4510. The van der Waals surface area contributed by atoms with Crippen LogP contribution in [0.1, 0.15) is 109 Å². The number of pyridine rings is 2. The molecule has 4 aliphatic rings.